The molecule has 2 amide bonds. The van der Waals surface area contributed by atoms with Crippen molar-refractivity contribution in [2.24, 2.45) is 5.92 Å². The summed E-state index contributed by atoms with van der Waals surface area (Å²) in [6.07, 6.45) is 4.14. The van der Waals surface area contributed by atoms with Crippen molar-refractivity contribution in [3.05, 3.63) is 77.5 Å². The Kier molecular flexibility index (Phi) is 8.15. The Morgan fingerprint density at radius 2 is 1.74 bits per heavy atom. The van der Waals surface area contributed by atoms with Crippen LogP contribution in [0.25, 0.3) is 11.1 Å². The molecule has 3 aromatic rings. The first-order valence-electron chi connectivity index (χ1n) is 13.6. The maximum atomic E-state index is 12.8. The van der Waals surface area contributed by atoms with Gasteiger partial charge < -0.3 is 16.0 Å². The molecule has 198 valence electrons. The number of hydrogen-bond donors (Lipinski definition) is 3. The molecule has 0 spiro atoms. The molecule has 1 aliphatic carbocycles. The van der Waals surface area contributed by atoms with E-state index in [1.54, 1.807) is 6.20 Å². The number of amides is 2. The quantitative estimate of drug-likeness (QED) is 0.379. The number of rotatable bonds is 9. The van der Waals surface area contributed by atoms with Crippen LogP contribution in [0.3, 0.4) is 0 Å². The standard InChI is InChI=1S/C31H37N5O2/c1-21-17-28(11-9-27(21)20-36-15-13-32-14-16-36)34-30(37)18-22(2)23-3-5-24(6-4-23)26-10-12-29(33-19-26)35-31(38)25-7-8-25/h3-6,9-12,17,19,22,25,32H,7-8,13-16,18,20H2,1-2H3,(H,34,37)(H,33,35,38)/t22-/m1/s1. The summed E-state index contributed by atoms with van der Waals surface area (Å²) in [5.41, 5.74) is 6.52. The van der Waals surface area contributed by atoms with Crippen LogP contribution in [0, 0.1) is 12.8 Å². The van der Waals surface area contributed by atoms with E-state index in [9.17, 15) is 9.59 Å². The summed E-state index contributed by atoms with van der Waals surface area (Å²) in [5.74, 6) is 0.918. The summed E-state index contributed by atoms with van der Waals surface area (Å²) in [4.78, 5) is 31.6. The van der Waals surface area contributed by atoms with E-state index in [2.05, 4.69) is 76.1 Å². The Balaban J connectivity index is 1.13. The highest BCUT2D eigenvalue weighted by Crippen LogP contribution is 2.30. The van der Waals surface area contributed by atoms with Gasteiger partial charge >= 0.3 is 0 Å². The normalized spacial score (nSPS) is 16.6. The Hall–Kier alpha value is -3.55. The maximum Gasteiger partial charge on any atom is 0.228 e. The van der Waals surface area contributed by atoms with Gasteiger partial charge in [0.1, 0.15) is 5.82 Å². The lowest BCUT2D eigenvalue weighted by molar-refractivity contribution is -0.117. The molecule has 2 aliphatic rings. The number of pyridine rings is 1. The molecule has 2 aromatic carbocycles. The predicted octanol–water partition coefficient (Wildman–Crippen LogP) is 4.94. The third-order valence-electron chi connectivity index (χ3n) is 7.50. The summed E-state index contributed by atoms with van der Waals surface area (Å²) in [6, 6.07) is 18.3. The van der Waals surface area contributed by atoms with Crippen LogP contribution in [-0.2, 0) is 16.1 Å². The van der Waals surface area contributed by atoms with E-state index in [1.807, 2.05) is 18.2 Å². The molecule has 0 radical (unpaired) electrons. The summed E-state index contributed by atoms with van der Waals surface area (Å²) in [6.45, 7) is 9.37. The molecule has 0 bridgehead atoms. The van der Waals surface area contributed by atoms with Gasteiger partial charge in [-0.05, 0) is 72.2 Å². The van der Waals surface area contributed by atoms with Gasteiger partial charge in [0.05, 0.1) is 0 Å². The summed E-state index contributed by atoms with van der Waals surface area (Å²) < 4.78 is 0. The largest absolute Gasteiger partial charge is 0.326 e. The molecule has 2 heterocycles. The summed E-state index contributed by atoms with van der Waals surface area (Å²) in [5, 5.41) is 9.34. The lowest BCUT2D eigenvalue weighted by atomic mass is 9.95. The molecule has 7 nitrogen and oxygen atoms in total. The van der Waals surface area contributed by atoms with Gasteiger partial charge in [-0.2, -0.15) is 0 Å². The van der Waals surface area contributed by atoms with Gasteiger partial charge in [-0.3, -0.25) is 14.5 Å². The lowest BCUT2D eigenvalue weighted by Crippen LogP contribution is -2.42. The van der Waals surface area contributed by atoms with E-state index in [0.29, 0.717) is 12.2 Å². The molecule has 38 heavy (non-hydrogen) atoms. The second-order valence-electron chi connectivity index (χ2n) is 10.6. The number of nitrogens with zero attached hydrogens (tertiary/aromatic N) is 2. The fourth-order valence-corrected chi connectivity index (χ4v) is 4.89. The lowest BCUT2D eigenvalue weighted by Gasteiger charge is -2.27. The van der Waals surface area contributed by atoms with Crippen molar-refractivity contribution in [1.29, 1.82) is 0 Å². The van der Waals surface area contributed by atoms with Crippen LogP contribution in [0.5, 0.6) is 0 Å². The van der Waals surface area contributed by atoms with Crippen LogP contribution >= 0.6 is 0 Å². The van der Waals surface area contributed by atoms with Crippen molar-refractivity contribution in [3.63, 3.8) is 0 Å². The molecule has 7 heteroatoms. The molecule has 1 saturated carbocycles. The maximum absolute atomic E-state index is 12.8. The molecule has 1 atom stereocenters. The third kappa shape index (κ3) is 6.85. The highest BCUT2D eigenvalue weighted by Gasteiger charge is 2.29. The number of aromatic nitrogens is 1. The topological polar surface area (TPSA) is 86.4 Å². The number of carbonyl (C=O) groups excluding carboxylic acids is 2. The highest BCUT2D eigenvalue weighted by atomic mass is 16.2. The second kappa shape index (κ2) is 11.9. The smallest absolute Gasteiger partial charge is 0.228 e. The van der Waals surface area contributed by atoms with Gasteiger partial charge in [0.2, 0.25) is 11.8 Å². The van der Waals surface area contributed by atoms with Gasteiger partial charge in [-0.1, -0.05) is 37.3 Å². The Bertz CT molecular complexity index is 1260. The Morgan fingerprint density at radius 3 is 2.39 bits per heavy atom. The van der Waals surface area contributed by atoms with Gasteiger partial charge in [-0.25, -0.2) is 4.98 Å². The monoisotopic (exact) mass is 511 g/mol. The molecule has 1 saturated heterocycles. The van der Waals surface area contributed by atoms with Crippen LogP contribution in [0.15, 0.2) is 60.8 Å². The SMILES string of the molecule is Cc1cc(NC(=O)C[C@@H](C)c2ccc(-c3ccc(NC(=O)C4CC4)nc3)cc2)ccc1CN1CCNCC1. The number of benzene rings is 2. The first-order valence-corrected chi connectivity index (χ1v) is 13.6. The number of piperazine rings is 1. The minimum absolute atomic E-state index is 0.0175. The average Bonchev–Trinajstić information content (AvgIpc) is 3.77. The minimum Gasteiger partial charge on any atom is -0.326 e. The number of hydrogen-bond acceptors (Lipinski definition) is 5. The van der Waals surface area contributed by atoms with Crippen molar-refractivity contribution in [2.75, 3.05) is 36.8 Å². The second-order valence-corrected chi connectivity index (χ2v) is 10.6. The van der Waals surface area contributed by atoms with Crippen molar-refractivity contribution in [3.8, 4) is 11.1 Å². The van der Waals surface area contributed by atoms with Gasteiger partial charge in [-0.15, -0.1) is 0 Å². The Labute approximate surface area is 225 Å². The van der Waals surface area contributed by atoms with Crippen molar-refractivity contribution < 1.29 is 9.59 Å². The summed E-state index contributed by atoms with van der Waals surface area (Å²) in [7, 11) is 0. The van der Waals surface area contributed by atoms with Gasteiger partial charge in [0, 0.05) is 62.5 Å². The van der Waals surface area contributed by atoms with Gasteiger partial charge in [0.25, 0.3) is 0 Å². The first-order chi connectivity index (χ1) is 18.4. The van der Waals surface area contributed by atoms with Crippen LogP contribution in [0.4, 0.5) is 11.5 Å². The van der Waals surface area contributed by atoms with Crippen LogP contribution < -0.4 is 16.0 Å². The zero-order valence-electron chi connectivity index (χ0n) is 22.3. The van der Waals surface area contributed by atoms with Crippen LogP contribution in [-0.4, -0.2) is 47.9 Å². The molecule has 1 aliphatic heterocycles. The zero-order chi connectivity index (χ0) is 26.5. The van der Waals surface area contributed by atoms with Gasteiger partial charge in [0.15, 0.2) is 0 Å². The van der Waals surface area contributed by atoms with E-state index < -0.39 is 0 Å². The number of aryl methyl sites for hydroxylation is 1. The average molecular weight is 512 g/mol. The minimum atomic E-state index is 0.0175. The highest BCUT2D eigenvalue weighted by molar-refractivity contribution is 5.93. The molecular formula is C31H37N5O2. The van der Waals surface area contributed by atoms with Crippen molar-refractivity contribution in [2.45, 2.75) is 45.6 Å². The van der Waals surface area contributed by atoms with E-state index in [1.165, 1.54) is 11.1 Å². The molecule has 2 fully saturated rings. The van der Waals surface area contributed by atoms with Crippen LogP contribution in [0.1, 0.15) is 48.8 Å². The van der Waals surface area contributed by atoms with Crippen molar-refractivity contribution in [1.82, 2.24) is 15.2 Å². The number of nitrogens with one attached hydrogen (secondary N) is 3. The first kappa shape index (κ1) is 26.1. The molecule has 3 N–H and O–H groups in total. The molecule has 0 unspecified atom stereocenters. The fraction of sp³-hybridized carbons (Fsp3) is 0.387. The molecular weight excluding hydrogens is 474 g/mol. The van der Waals surface area contributed by atoms with Crippen LogP contribution in [0.2, 0.25) is 0 Å². The van der Waals surface area contributed by atoms with Crippen molar-refractivity contribution >= 4 is 23.3 Å². The number of carbonyl (C=O) groups is 2. The van der Waals surface area contributed by atoms with E-state index >= 15 is 0 Å². The summed E-state index contributed by atoms with van der Waals surface area (Å²) >= 11 is 0. The number of anilines is 2. The molecule has 5 rings (SSSR count). The fourth-order valence-electron chi connectivity index (χ4n) is 4.89. The third-order valence-corrected chi connectivity index (χ3v) is 7.50. The van der Waals surface area contributed by atoms with E-state index in [0.717, 1.165) is 67.9 Å². The van der Waals surface area contributed by atoms with E-state index in [4.69, 9.17) is 0 Å². The Morgan fingerprint density at radius 1 is 1.00 bits per heavy atom. The van der Waals surface area contributed by atoms with E-state index in [-0.39, 0.29) is 23.7 Å². The zero-order valence-corrected chi connectivity index (χ0v) is 22.3. The predicted molar refractivity (Wildman–Crippen MR) is 152 cm³/mol. The molecule has 1 aromatic heterocycles.